The number of hydrogen-bond acceptors (Lipinski definition) is 5. The number of nitrogens with zero attached hydrogens (tertiary/aromatic N) is 1. The van der Waals surface area contributed by atoms with Gasteiger partial charge < -0.3 is 24.6 Å². The van der Waals surface area contributed by atoms with Crippen molar-refractivity contribution in [3.63, 3.8) is 0 Å². The Hall–Kier alpha value is -2.44. The van der Waals surface area contributed by atoms with Crippen LogP contribution in [0.25, 0.3) is 0 Å². The van der Waals surface area contributed by atoms with Crippen molar-refractivity contribution in [3.8, 4) is 17.2 Å². The minimum absolute atomic E-state index is 0.0397. The van der Waals surface area contributed by atoms with E-state index in [1.807, 2.05) is 0 Å². The van der Waals surface area contributed by atoms with Gasteiger partial charge in [-0.15, -0.1) is 0 Å². The van der Waals surface area contributed by atoms with Crippen LogP contribution in [0.1, 0.15) is 24.8 Å². The molecule has 136 valence electrons. The molecule has 1 heterocycles. The zero-order valence-electron chi connectivity index (χ0n) is 14.4. The highest BCUT2D eigenvalue weighted by Crippen LogP contribution is 2.49. The largest absolute Gasteiger partial charge is 0.502 e. The summed E-state index contributed by atoms with van der Waals surface area (Å²) in [6, 6.07) is 3.19. The van der Waals surface area contributed by atoms with E-state index in [4.69, 9.17) is 9.47 Å². The van der Waals surface area contributed by atoms with Crippen molar-refractivity contribution in [1.29, 1.82) is 0 Å². The van der Waals surface area contributed by atoms with E-state index in [9.17, 15) is 19.8 Å². The number of likely N-dealkylation sites (tertiary alicyclic amines) is 1. The summed E-state index contributed by atoms with van der Waals surface area (Å²) >= 11 is 0. The number of carboxylic acid groups (broad SMARTS) is 1. The molecule has 1 amide bonds. The smallest absolute Gasteiger partial charge is 0.311 e. The van der Waals surface area contributed by atoms with Gasteiger partial charge >= 0.3 is 5.97 Å². The molecule has 7 nitrogen and oxygen atoms in total. The molecule has 0 spiro atoms. The zero-order chi connectivity index (χ0) is 18.2. The van der Waals surface area contributed by atoms with Gasteiger partial charge in [0.05, 0.1) is 26.1 Å². The van der Waals surface area contributed by atoms with Gasteiger partial charge in [-0.1, -0.05) is 6.42 Å². The second kappa shape index (κ2) is 6.46. The first kappa shape index (κ1) is 17.4. The first-order chi connectivity index (χ1) is 11.9. The van der Waals surface area contributed by atoms with E-state index < -0.39 is 11.4 Å². The van der Waals surface area contributed by atoms with Crippen molar-refractivity contribution in [1.82, 2.24) is 4.90 Å². The molecular weight excluding hydrogens is 326 g/mol. The number of amides is 1. The van der Waals surface area contributed by atoms with Crippen molar-refractivity contribution < 1.29 is 29.3 Å². The lowest BCUT2D eigenvalue weighted by Crippen LogP contribution is -2.37. The molecule has 1 aliphatic carbocycles. The summed E-state index contributed by atoms with van der Waals surface area (Å²) in [5.41, 5.74) is -0.127. The summed E-state index contributed by atoms with van der Waals surface area (Å²) in [5.74, 6) is -0.507. The number of phenolic OH excluding ortho intramolecular Hbond substituents is 1. The standard InChI is InChI=1S/C18H23NO6/c1-24-13-6-11(7-14(25-2)16(13)21)8-15(20)19-9-12-4-3-5-18(12,10-19)17(22)23/h6-7,12,21H,3-5,8-10H2,1-2H3,(H,22,23)/t12-,18+/m0/s1. The van der Waals surface area contributed by atoms with Crippen LogP contribution < -0.4 is 9.47 Å². The molecule has 3 rings (SSSR count). The number of aliphatic carboxylic acids is 1. The number of methoxy groups -OCH3 is 2. The summed E-state index contributed by atoms with van der Waals surface area (Å²) in [4.78, 5) is 26.1. The average Bonchev–Trinajstić information content (AvgIpc) is 3.14. The molecule has 2 atom stereocenters. The number of carbonyl (C=O) groups is 2. The molecular formula is C18H23NO6. The van der Waals surface area contributed by atoms with Crippen molar-refractivity contribution >= 4 is 11.9 Å². The molecule has 25 heavy (non-hydrogen) atoms. The summed E-state index contributed by atoms with van der Waals surface area (Å²) in [6.45, 7) is 0.773. The Bertz CT molecular complexity index is 678. The Balaban J connectivity index is 1.77. The Kier molecular flexibility index (Phi) is 4.49. The molecule has 0 unspecified atom stereocenters. The Morgan fingerprint density at radius 2 is 1.92 bits per heavy atom. The number of ether oxygens (including phenoxy) is 2. The third-order valence-electron chi connectivity index (χ3n) is 5.54. The van der Waals surface area contributed by atoms with Crippen molar-refractivity contribution in [2.45, 2.75) is 25.7 Å². The van der Waals surface area contributed by atoms with Crippen LogP contribution in [0.5, 0.6) is 17.2 Å². The third kappa shape index (κ3) is 2.88. The van der Waals surface area contributed by atoms with Gasteiger partial charge in [-0.2, -0.15) is 0 Å². The molecule has 1 aromatic carbocycles. The molecule has 2 aliphatic rings. The van der Waals surface area contributed by atoms with Gasteiger partial charge in [-0.25, -0.2) is 0 Å². The normalized spacial score (nSPS) is 24.9. The number of phenols is 1. The van der Waals surface area contributed by atoms with Crippen LogP contribution in [0.15, 0.2) is 12.1 Å². The lowest BCUT2D eigenvalue weighted by atomic mass is 9.81. The topological polar surface area (TPSA) is 96.3 Å². The highest BCUT2D eigenvalue weighted by atomic mass is 16.5. The predicted molar refractivity (Wildman–Crippen MR) is 88.9 cm³/mol. The fourth-order valence-electron chi connectivity index (χ4n) is 4.17. The van der Waals surface area contributed by atoms with Crippen LogP contribution in [0.2, 0.25) is 0 Å². The maximum Gasteiger partial charge on any atom is 0.311 e. The number of carboxylic acids is 1. The SMILES string of the molecule is COc1cc(CC(=O)N2C[C@@H]3CCC[C@@]3(C(=O)O)C2)cc(OC)c1O. The molecule has 2 fully saturated rings. The van der Waals surface area contributed by atoms with Gasteiger partial charge in [0.1, 0.15) is 0 Å². The van der Waals surface area contributed by atoms with Crippen LogP contribution in [-0.2, 0) is 16.0 Å². The summed E-state index contributed by atoms with van der Waals surface area (Å²) in [7, 11) is 2.86. The molecule has 0 bridgehead atoms. The van der Waals surface area contributed by atoms with Gasteiger partial charge in [0.2, 0.25) is 11.7 Å². The van der Waals surface area contributed by atoms with Crippen molar-refractivity contribution in [3.05, 3.63) is 17.7 Å². The Morgan fingerprint density at radius 3 is 2.44 bits per heavy atom. The van der Waals surface area contributed by atoms with Crippen molar-refractivity contribution in [2.75, 3.05) is 27.3 Å². The monoisotopic (exact) mass is 349 g/mol. The number of rotatable bonds is 5. The van der Waals surface area contributed by atoms with Crippen molar-refractivity contribution in [2.24, 2.45) is 11.3 Å². The highest BCUT2D eigenvalue weighted by Gasteiger charge is 2.55. The summed E-state index contributed by atoms with van der Waals surface area (Å²) in [5, 5.41) is 19.6. The first-order valence-corrected chi connectivity index (χ1v) is 8.36. The highest BCUT2D eigenvalue weighted by molar-refractivity contribution is 5.83. The summed E-state index contributed by atoms with van der Waals surface area (Å²) in [6.07, 6.45) is 2.51. The molecule has 0 radical (unpaired) electrons. The van der Waals surface area contributed by atoms with Crippen LogP contribution >= 0.6 is 0 Å². The lowest BCUT2D eigenvalue weighted by Gasteiger charge is -2.23. The molecule has 1 saturated carbocycles. The molecule has 0 aromatic heterocycles. The lowest BCUT2D eigenvalue weighted by molar-refractivity contribution is -0.149. The second-order valence-corrected chi connectivity index (χ2v) is 6.85. The van der Waals surface area contributed by atoms with E-state index >= 15 is 0 Å². The van der Waals surface area contributed by atoms with Gasteiger partial charge in [-0.05, 0) is 36.5 Å². The number of aromatic hydroxyl groups is 1. The van der Waals surface area contributed by atoms with Crippen LogP contribution in [0.4, 0.5) is 0 Å². The third-order valence-corrected chi connectivity index (χ3v) is 5.54. The Morgan fingerprint density at radius 1 is 1.28 bits per heavy atom. The number of carbonyl (C=O) groups excluding carboxylic acids is 1. The van der Waals surface area contributed by atoms with E-state index in [0.29, 0.717) is 18.5 Å². The van der Waals surface area contributed by atoms with Gasteiger partial charge in [-0.3, -0.25) is 9.59 Å². The van der Waals surface area contributed by atoms with E-state index in [1.54, 1.807) is 17.0 Å². The maximum absolute atomic E-state index is 12.7. The van der Waals surface area contributed by atoms with Gasteiger partial charge in [0.15, 0.2) is 11.5 Å². The van der Waals surface area contributed by atoms with Gasteiger partial charge in [0, 0.05) is 13.1 Å². The van der Waals surface area contributed by atoms with Crippen LogP contribution in [0.3, 0.4) is 0 Å². The number of hydrogen-bond donors (Lipinski definition) is 2. The van der Waals surface area contributed by atoms with Crippen LogP contribution in [-0.4, -0.2) is 54.3 Å². The number of fused-ring (bicyclic) bond motifs is 1. The van der Waals surface area contributed by atoms with E-state index in [2.05, 4.69) is 0 Å². The maximum atomic E-state index is 12.7. The first-order valence-electron chi connectivity index (χ1n) is 8.36. The molecule has 1 aliphatic heterocycles. The average molecular weight is 349 g/mol. The summed E-state index contributed by atoms with van der Waals surface area (Å²) < 4.78 is 10.2. The fraction of sp³-hybridized carbons (Fsp3) is 0.556. The quantitative estimate of drug-likeness (QED) is 0.839. The van der Waals surface area contributed by atoms with Gasteiger partial charge in [0.25, 0.3) is 0 Å². The van der Waals surface area contributed by atoms with E-state index in [0.717, 1.165) is 12.8 Å². The second-order valence-electron chi connectivity index (χ2n) is 6.85. The zero-order valence-corrected chi connectivity index (χ0v) is 14.4. The van der Waals surface area contributed by atoms with E-state index in [1.165, 1.54) is 14.2 Å². The minimum Gasteiger partial charge on any atom is -0.502 e. The Labute approximate surface area is 146 Å². The minimum atomic E-state index is -0.793. The molecule has 7 heteroatoms. The van der Waals surface area contributed by atoms with E-state index in [-0.39, 0.29) is 42.0 Å². The number of benzene rings is 1. The molecule has 1 aromatic rings. The van der Waals surface area contributed by atoms with Crippen LogP contribution in [0, 0.1) is 11.3 Å². The predicted octanol–water partition coefficient (Wildman–Crippen LogP) is 1.67. The molecule has 2 N–H and O–H groups in total. The fourth-order valence-corrected chi connectivity index (χ4v) is 4.17. The molecule has 1 saturated heterocycles.